The van der Waals surface area contributed by atoms with Crippen molar-refractivity contribution in [2.75, 3.05) is 11.9 Å². The van der Waals surface area contributed by atoms with E-state index in [1.54, 1.807) is 25.1 Å². The van der Waals surface area contributed by atoms with Crippen molar-refractivity contribution in [2.24, 2.45) is 0 Å². The molecule has 2 aromatic carbocycles. The van der Waals surface area contributed by atoms with Crippen LogP contribution in [0.2, 0.25) is 0 Å². The largest absolute Gasteiger partial charge is 0.462 e. The fraction of sp³-hybridized carbons (Fsp3) is 0.182. The van der Waals surface area contributed by atoms with Gasteiger partial charge in [0.1, 0.15) is 4.88 Å². The third-order valence-electron chi connectivity index (χ3n) is 4.55. The van der Waals surface area contributed by atoms with Crippen molar-refractivity contribution in [3.63, 3.8) is 0 Å². The molecule has 2 heterocycles. The van der Waals surface area contributed by atoms with Crippen LogP contribution in [0.15, 0.2) is 54.6 Å². The molecule has 3 aromatic rings. The van der Waals surface area contributed by atoms with Crippen LogP contribution in [0, 0.1) is 0 Å². The monoisotopic (exact) mass is 422 g/mol. The van der Waals surface area contributed by atoms with E-state index in [-0.39, 0.29) is 18.2 Å². The van der Waals surface area contributed by atoms with Gasteiger partial charge in [-0.25, -0.2) is 14.6 Å². The Labute approximate surface area is 176 Å². The van der Waals surface area contributed by atoms with E-state index in [4.69, 9.17) is 9.47 Å². The average molecular weight is 422 g/mol. The van der Waals surface area contributed by atoms with Gasteiger partial charge in [0.25, 0.3) is 5.91 Å². The van der Waals surface area contributed by atoms with Crippen LogP contribution in [-0.4, -0.2) is 35.5 Å². The number of cyclic esters (lactones) is 1. The lowest BCUT2D eigenvalue weighted by Gasteiger charge is -2.23. The highest BCUT2D eigenvalue weighted by molar-refractivity contribution is 7.18. The van der Waals surface area contributed by atoms with Crippen molar-refractivity contribution in [3.8, 4) is 11.3 Å². The SMILES string of the molecule is CCOC(=O)c1sc(NC(=O)C2Cc3ccccc3C(=O)O2)nc1-c1ccccc1. The quantitative estimate of drug-likeness (QED) is 0.630. The summed E-state index contributed by atoms with van der Waals surface area (Å²) in [5.41, 5.74) is 2.38. The molecule has 1 amide bonds. The molecular formula is C22H18N2O5S. The fourth-order valence-electron chi connectivity index (χ4n) is 3.16. The lowest BCUT2D eigenvalue weighted by atomic mass is 9.98. The maximum absolute atomic E-state index is 12.7. The Kier molecular flexibility index (Phi) is 5.58. The Hall–Kier alpha value is -3.52. The molecular weight excluding hydrogens is 404 g/mol. The number of aromatic nitrogens is 1. The second kappa shape index (κ2) is 8.46. The number of anilines is 1. The first-order valence-electron chi connectivity index (χ1n) is 9.40. The zero-order valence-electron chi connectivity index (χ0n) is 16.1. The van der Waals surface area contributed by atoms with E-state index in [0.29, 0.717) is 16.1 Å². The standard InChI is InChI=1S/C22H18N2O5S/c1-2-28-21(27)18-17(13-8-4-3-5-9-13)23-22(30-18)24-19(25)16-12-14-10-6-7-11-15(14)20(26)29-16/h3-11,16H,2,12H2,1H3,(H,23,24,25). The molecule has 30 heavy (non-hydrogen) atoms. The number of rotatable bonds is 5. The van der Waals surface area contributed by atoms with Crippen LogP contribution in [0.4, 0.5) is 5.13 Å². The number of carbonyl (C=O) groups excluding carboxylic acids is 3. The molecule has 1 N–H and O–H groups in total. The minimum atomic E-state index is -0.970. The predicted molar refractivity (Wildman–Crippen MR) is 111 cm³/mol. The first-order chi connectivity index (χ1) is 14.6. The van der Waals surface area contributed by atoms with Crippen LogP contribution in [-0.2, 0) is 20.7 Å². The average Bonchev–Trinajstić information content (AvgIpc) is 3.18. The fourth-order valence-corrected chi connectivity index (χ4v) is 4.05. The van der Waals surface area contributed by atoms with Gasteiger partial charge in [-0.2, -0.15) is 0 Å². The zero-order chi connectivity index (χ0) is 21.1. The minimum absolute atomic E-state index is 0.226. The molecule has 0 bridgehead atoms. The third-order valence-corrected chi connectivity index (χ3v) is 5.50. The minimum Gasteiger partial charge on any atom is -0.462 e. The van der Waals surface area contributed by atoms with Gasteiger partial charge in [0, 0.05) is 12.0 Å². The van der Waals surface area contributed by atoms with Gasteiger partial charge in [-0.1, -0.05) is 59.9 Å². The summed E-state index contributed by atoms with van der Waals surface area (Å²) in [5, 5.41) is 2.91. The summed E-state index contributed by atoms with van der Waals surface area (Å²) in [6.07, 6.45) is -0.697. The lowest BCUT2D eigenvalue weighted by Crippen LogP contribution is -2.37. The number of hydrogen-bond acceptors (Lipinski definition) is 7. The molecule has 1 aliphatic heterocycles. The summed E-state index contributed by atoms with van der Waals surface area (Å²) >= 11 is 1.02. The van der Waals surface area contributed by atoms with Crippen molar-refractivity contribution in [3.05, 3.63) is 70.6 Å². The molecule has 0 spiro atoms. The summed E-state index contributed by atoms with van der Waals surface area (Å²) < 4.78 is 10.4. The normalized spacial score (nSPS) is 15.1. The molecule has 0 saturated carbocycles. The zero-order valence-corrected chi connectivity index (χ0v) is 16.9. The second-order valence-electron chi connectivity index (χ2n) is 6.53. The number of amides is 1. The molecule has 0 fully saturated rings. The second-order valence-corrected chi connectivity index (χ2v) is 7.53. The topological polar surface area (TPSA) is 94.6 Å². The van der Waals surface area contributed by atoms with E-state index >= 15 is 0 Å². The molecule has 152 valence electrons. The van der Waals surface area contributed by atoms with Crippen LogP contribution in [0.1, 0.15) is 32.5 Å². The van der Waals surface area contributed by atoms with Gasteiger partial charge in [-0.15, -0.1) is 0 Å². The molecule has 0 radical (unpaired) electrons. The van der Waals surface area contributed by atoms with Crippen molar-refractivity contribution in [1.29, 1.82) is 0 Å². The number of benzene rings is 2. The summed E-state index contributed by atoms with van der Waals surface area (Å²) in [7, 11) is 0. The molecule has 8 heteroatoms. The maximum atomic E-state index is 12.7. The first kappa shape index (κ1) is 19.8. The van der Waals surface area contributed by atoms with Gasteiger partial charge in [0.2, 0.25) is 0 Å². The van der Waals surface area contributed by atoms with Gasteiger partial charge in [-0.05, 0) is 18.6 Å². The Morgan fingerprint density at radius 2 is 1.90 bits per heavy atom. The van der Waals surface area contributed by atoms with Crippen molar-refractivity contribution < 1.29 is 23.9 Å². The molecule has 0 saturated heterocycles. The highest BCUT2D eigenvalue weighted by Crippen LogP contribution is 2.32. The number of nitrogens with one attached hydrogen (secondary N) is 1. The number of ether oxygens (including phenoxy) is 2. The van der Waals surface area contributed by atoms with Crippen LogP contribution >= 0.6 is 11.3 Å². The van der Waals surface area contributed by atoms with Crippen molar-refractivity contribution in [1.82, 2.24) is 4.98 Å². The molecule has 1 aliphatic rings. The summed E-state index contributed by atoms with van der Waals surface area (Å²) in [6.45, 7) is 1.95. The van der Waals surface area contributed by atoms with Crippen LogP contribution < -0.4 is 5.32 Å². The van der Waals surface area contributed by atoms with E-state index in [2.05, 4.69) is 10.3 Å². The number of esters is 2. The molecule has 4 rings (SSSR count). The summed E-state index contributed by atoms with van der Waals surface area (Å²) in [6, 6.07) is 16.2. The van der Waals surface area contributed by atoms with E-state index in [1.165, 1.54) is 0 Å². The molecule has 1 unspecified atom stereocenters. The van der Waals surface area contributed by atoms with Gasteiger partial charge in [0.15, 0.2) is 11.2 Å². The highest BCUT2D eigenvalue weighted by atomic mass is 32.1. The lowest BCUT2D eigenvalue weighted by molar-refractivity contribution is -0.125. The predicted octanol–water partition coefficient (Wildman–Crippen LogP) is 3.71. The van der Waals surface area contributed by atoms with Crippen LogP contribution in [0.3, 0.4) is 0 Å². The van der Waals surface area contributed by atoms with E-state index in [9.17, 15) is 14.4 Å². The number of thiazole rings is 1. The summed E-state index contributed by atoms with van der Waals surface area (Å²) in [5.74, 6) is -1.54. The summed E-state index contributed by atoms with van der Waals surface area (Å²) in [4.78, 5) is 42.0. The molecule has 7 nitrogen and oxygen atoms in total. The van der Waals surface area contributed by atoms with E-state index < -0.39 is 23.9 Å². The van der Waals surface area contributed by atoms with Gasteiger partial charge in [0.05, 0.1) is 17.9 Å². The third kappa shape index (κ3) is 3.95. The van der Waals surface area contributed by atoms with E-state index in [0.717, 1.165) is 22.5 Å². The van der Waals surface area contributed by atoms with Gasteiger partial charge < -0.3 is 9.47 Å². The number of hydrogen-bond donors (Lipinski definition) is 1. The van der Waals surface area contributed by atoms with Crippen LogP contribution in [0.25, 0.3) is 11.3 Å². The molecule has 1 aromatic heterocycles. The first-order valence-corrected chi connectivity index (χ1v) is 10.2. The van der Waals surface area contributed by atoms with Gasteiger partial charge in [-0.3, -0.25) is 10.1 Å². The Morgan fingerprint density at radius 3 is 2.67 bits per heavy atom. The van der Waals surface area contributed by atoms with Gasteiger partial charge >= 0.3 is 11.9 Å². The Bertz CT molecular complexity index is 1110. The maximum Gasteiger partial charge on any atom is 0.350 e. The Balaban J connectivity index is 1.58. The molecule has 1 atom stereocenters. The number of fused-ring (bicyclic) bond motifs is 1. The Morgan fingerprint density at radius 1 is 1.17 bits per heavy atom. The van der Waals surface area contributed by atoms with E-state index in [1.807, 2.05) is 36.4 Å². The number of carbonyl (C=O) groups is 3. The van der Waals surface area contributed by atoms with Crippen LogP contribution in [0.5, 0.6) is 0 Å². The smallest absolute Gasteiger partial charge is 0.350 e. The number of nitrogens with zero attached hydrogens (tertiary/aromatic N) is 1. The highest BCUT2D eigenvalue weighted by Gasteiger charge is 2.32. The molecule has 0 aliphatic carbocycles. The van der Waals surface area contributed by atoms with Crippen molar-refractivity contribution >= 4 is 34.3 Å². The van der Waals surface area contributed by atoms with Crippen molar-refractivity contribution in [2.45, 2.75) is 19.4 Å².